The lowest BCUT2D eigenvalue weighted by atomic mass is 9.89. The molecule has 17 heteroatoms. The van der Waals surface area contributed by atoms with E-state index in [2.05, 4.69) is 21.1 Å². The number of nitrogens with one attached hydrogen (secondary N) is 3. The lowest BCUT2D eigenvalue weighted by Gasteiger charge is -2.41. The summed E-state index contributed by atoms with van der Waals surface area (Å²) in [6.07, 6.45) is 0.932. The van der Waals surface area contributed by atoms with E-state index in [0.29, 0.717) is 52.2 Å². The van der Waals surface area contributed by atoms with Gasteiger partial charge in [0.1, 0.15) is 18.7 Å². The molecule has 0 spiro atoms. The maximum absolute atomic E-state index is 14.5. The molecule has 5 amide bonds. The summed E-state index contributed by atoms with van der Waals surface area (Å²) < 4.78 is 23.4. The fourth-order valence-corrected chi connectivity index (χ4v) is 9.55. The highest BCUT2D eigenvalue weighted by Crippen LogP contribution is 2.30. The van der Waals surface area contributed by atoms with Crippen molar-refractivity contribution in [3.05, 3.63) is 71.3 Å². The molecule has 1 aliphatic rings. The fraction of sp³-hybridized carbons (Fsp3) is 0.673. The van der Waals surface area contributed by atoms with Crippen molar-refractivity contribution in [2.24, 2.45) is 28.8 Å². The van der Waals surface area contributed by atoms with Crippen LogP contribution in [0, 0.1) is 30.6 Å². The Balaban J connectivity index is 1.62. The maximum atomic E-state index is 14.5. The number of oxime groups is 1. The first kappa shape index (κ1) is 61.4. The second-order valence-corrected chi connectivity index (χ2v) is 20.1. The molecule has 3 unspecified atom stereocenters. The third-order valence-electron chi connectivity index (χ3n) is 13.8. The van der Waals surface area contributed by atoms with Gasteiger partial charge in [-0.05, 0) is 69.7 Å². The monoisotopic (exact) mass is 1010 g/mol. The Morgan fingerprint density at radius 2 is 1.43 bits per heavy atom. The zero-order valence-electron chi connectivity index (χ0n) is 45.9. The van der Waals surface area contributed by atoms with E-state index >= 15 is 0 Å². The summed E-state index contributed by atoms with van der Waals surface area (Å²) in [6.45, 7) is 19.8. The largest absolute Gasteiger partial charge is 0.393 e. The molecule has 3 N–H and O–H groups in total. The molecule has 72 heavy (non-hydrogen) atoms. The molecule has 0 aliphatic carbocycles. The Hall–Kier alpha value is -4.94. The first-order valence-electron chi connectivity index (χ1n) is 25.9. The molecule has 0 saturated carbocycles. The highest BCUT2D eigenvalue weighted by molar-refractivity contribution is 5.98. The molecule has 1 heterocycles. The van der Waals surface area contributed by atoms with Crippen molar-refractivity contribution in [1.29, 1.82) is 0 Å². The number of likely N-dealkylation sites (N-methyl/N-ethyl adjacent to an activating group) is 2. The number of methoxy groups -OCH3 is 2. The summed E-state index contributed by atoms with van der Waals surface area (Å²) in [5.74, 6) is -2.34. The van der Waals surface area contributed by atoms with E-state index in [1.165, 1.54) is 12.7 Å². The number of carbonyl (C=O) groups excluding carboxylic acids is 5. The number of aryl methyl sites for hydroxylation is 1. The van der Waals surface area contributed by atoms with Crippen LogP contribution in [0.5, 0.6) is 0 Å². The Morgan fingerprint density at radius 3 is 2.01 bits per heavy atom. The van der Waals surface area contributed by atoms with Crippen LogP contribution in [-0.2, 0) is 54.2 Å². The van der Waals surface area contributed by atoms with Crippen LogP contribution >= 0.6 is 0 Å². The van der Waals surface area contributed by atoms with E-state index in [0.717, 1.165) is 16.8 Å². The minimum Gasteiger partial charge on any atom is -0.393 e. The van der Waals surface area contributed by atoms with Gasteiger partial charge in [-0.2, -0.15) is 0 Å². The summed E-state index contributed by atoms with van der Waals surface area (Å²) >= 11 is 0. The quantitative estimate of drug-likeness (QED) is 0.0493. The van der Waals surface area contributed by atoms with Crippen LogP contribution in [0.1, 0.15) is 97.8 Å². The molecule has 404 valence electrons. The first-order valence-corrected chi connectivity index (χ1v) is 25.9. The van der Waals surface area contributed by atoms with Crippen molar-refractivity contribution < 1.29 is 47.8 Å². The number of rotatable bonds is 32. The third-order valence-corrected chi connectivity index (χ3v) is 13.8. The van der Waals surface area contributed by atoms with Crippen LogP contribution in [0.2, 0.25) is 0 Å². The molecule has 9 atom stereocenters. The van der Waals surface area contributed by atoms with Gasteiger partial charge in [-0.1, -0.05) is 120 Å². The van der Waals surface area contributed by atoms with E-state index in [9.17, 15) is 24.0 Å². The number of ether oxygens (including phenoxy) is 4. The zero-order chi connectivity index (χ0) is 53.5. The van der Waals surface area contributed by atoms with Crippen molar-refractivity contribution >= 4 is 35.2 Å². The van der Waals surface area contributed by atoms with Crippen molar-refractivity contribution in [2.75, 3.05) is 81.5 Å². The summed E-state index contributed by atoms with van der Waals surface area (Å²) in [7, 11) is 8.52. The Labute approximate surface area is 430 Å². The minimum absolute atomic E-state index is 0.0128. The summed E-state index contributed by atoms with van der Waals surface area (Å²) in [5.41, 5.74) is 3.83. The molecule has 3 rings (SSSR count). The molecule has 2 aromatic carbocycles. The van der Waals surface area contributed by atoms with Crippen LogP contribution in [0.4, 0.5) is 0 Å². The number of benzene rings is 2. The van der Waals surface area contributed by atoms with E-state index in [4.69, 9.17) is 23.8 Å². The van der Waals surface area contributed by atoms with Gasteiger partial charge in [0, 0.05) is 40.8 Å². The van der Waals surface area contributed by atoms with E-state index in [1.807, 2.05) is 129 Å². The van der Waals surface area contributed by atoms with Gasteiger partial charge in [0.05, 0.1) is 74.8 Å². The Kier molecular flexibility index (Phi) is 26.9. The second kappa shape index (κ2) is 31.6. The standard InChI is InChI=1S/C55H89N7O10/c1-15-39(7)50(61(12)55(67)48(36(2)3)58-54(66)49(37(4)5)60(10)11)46(68-13)35-47(63)62-28-19-22-45(62)51(69-14)40(8)52(64)57-44(34-42-20-17-16-18-21-42)53(65)56-27-29-70-30-31-71-32-33-72-59-41(9)43-25-23-38(6)24-26-43/h16-18,20-21,23-26,36-37,39-40,44-46,48-51H,15,19,22,27-35H2,1-14H3,(H,56,65)(H,57,64)(H,58,66)/b59-41+/t39-,40+,44-,45?,46+,48-,49?,50?,51+/m1/s1. The number of carbonyl (C=O) groups is 5. The molecule has 1 aliphatic heterocycles. The predicted octanol–water partition coefficient (Wildman–Crippen LogP) is 5.26. The maximum Gasteiger partial charge on any atom is 0.245 e. The van der Waals surface area contributed by atoms with Crippen molar-refractivity contribution in [3.8, 4) is 0 Å². The molecule has 1 fully saturated rings. The first-order chi connectivity index (χ1) is 34.3. The van der Waals surface area contributed by atoms with Crippen LogP contribution in [0.25, 0.3) is 0 Å². The molecular weight excluding hydrogens is 919 g/mol. The average molecular weight is 1010 g/mol. The highest BCUT2D eigenvalue weighted by Gasteiger charge is 2.43. The van der Waals surface area contributed by atoms with E-state index < -0.39 is 48.3 Å². The van der Waals surface area contributed by atoms with Gasteiger partial charge in [0.25, 0.3) is 0 Å². The molecule has 0 bridgehead atoms. The van der Waals surface area contributed by atoms with Gasteiger partial charge in [-0.25, -0.2) is 0 Å². The number of hydrogen-bond acceptors (Lipinski definition) is 12. The van der Waals surface area contributed by atoms with E-state index in [1.54, 1.807) is 30.9 Å². The van der Waals surface area contributed by atoms with Crippen LogP contribution < -0.4 is 16.0 Å². The van der Waals surface area contributed by atoms with Crippen molar-refractivity contribution in [2.45, 2.75) is 137 Å². The van der Waals surface area contributed by atoms with Crippen molar-refractivity contribution in [3.63, 3.8) is 0 Å². The van der Waals surface area contributed by atoms with Gasteiger partial charge in [0.2, 0.25) is 29.5 Å². The fourth-order valence-electron chi connectivity index (χ4n) is 9.55. The third kappa shape index (κ3) is 18.8. The van der Waals surface area contributed by atoms with Gasteiger partial charge in [0.15, 0.2) is 0 Å². The smallest absolute Gasteiger partial charge is 0.245 e. The lowest BCUT2D eigenvalue weighted by molar-refractivity contribution is -0.148. The normalized spacial score (nSPS) is 17.4. The topological polar surface area (TPSA) is 190 Å². The predicted molar refractivity (Wildman–Crippen MR) is 281 cm³/mol. The number of nitrogens with zero attached hydrogens (tertiary/aromatic N) is 4. The lowest BCUT2D eigenvalue weighted by Crippen LogP contribution is -2.59. The molecule has 17 nitrogen and oxygen atoms in total. The second-order valence-electron chi connectivity index (χ2n) is 20.1. The molecule has 0 aromatic heterocycles. The van der Waals surface area contributed by atoms with Crippen LogP contribution in [0.15, 0.2) is 59.8 Å². The van der Waals surface area contributed by atoms with E-state index in [-0.39, 0.29) is 73.3 Å². The SMILES string of the molecule is CC[C@@H](C)C([C@H](CC(=O)N1CCCC1[C@@H](OC)[C@H](C)C(=O)N[C@H](Cc1ccccc1)C(=O)NCCOCCOCCO/N=C(\C)c1ccc(C)cc1)OC)N(C)C(=O)[C@H](NC(=O)C(C(C)C)N(C)C)C(C)C. The Morgan fingerprint density at radius 1 is 0.792 bits per heavy atom. The molecular formula is C55H89N7O10. The van der Waals surface area contributed by atoms with Gasteiger partial charge in [-0.15, -0.1) is 0 Å². The molecule has 1 saturated heterocycles. The molecule has 2 aromatic rings. The minimum atomic E-state index is -0.894. The van der Waals surface area contributed by atoms with Crippen LogP contribution in [-0.4, -0.2) is 174 Å². The van der Waals surface area contributed by atoms with Gasteiger partial charge >= 0.3 is 0 Å². The van der Waals surface area contributed by atoms with Crippen LogP contribution in [0.3, 0.4) is 0 Å². The van der Waals surface area contributed by atoms with Crippen molar-refractivity contribution in [1.82, 2.24) is 30.7 Å². The van der Waals surface area contributed by atoms with Gasteiger partial charge < -0.3 is 49.5 Å². The van der Waals surface area contributed by atoms with Gasteiger partial charge in [-0.3, -0.25) is 28.9 Å². The number of hydrogen-bond donors (Lipinski definition) is 3. The average Bonchev–Trinajstić information content (AvgIpc) is 3.84. The molecule has 0 radical (unpaired) electrons. The summed E-state index contributed by atoms with van der Waals surface area (Å²) in [5, 5.41) is 13.1. The number of amides is 5. The Bertz CT molecular complexity index is 1980. The highest BCUT2D eigenvalue weighted by atomic mass is 16.6. The summed E-state index contributed by atoms with van der Waals surface area (Å²) in [4.78, 5) is 80.9. The number of likely N-dealkylation sites (tertiary alicyclic amines) is 1. The zero-order valence-corrected chi connectivity index (χ0v) is 45.9. The summed E-state index contributed by atoms with van der Waals surface area (Å²) in [6, 6.07) is 14.5.